The lowest BCUT2D eigenvalue weighted by Crippen LogP contribution is -2.14. The molecular formula is C13H14ClFN2O3S. The zero-order valence-corrected chi connectivity index (χ0v) is 12.8. The van der Waals surface area contributed by atoms with Crippen molar-refractivity contribution < 1.29 is 17.2 Å². The van der Waals surface area contributed by atoms with Gasteiger partial charge in [-0.05, 0) is 30.8 Å². The van der Waals surface area contributed by atoms with E-state index in [1.807, 2.05) is 6.92 Å². The summed E-state index contributed by atoms with van der Waals surface area (Å²) in [5.41, 5.74) is -0.302. The van der Waals surface area contributed by atoms with Crippen LogP contribution in [0.1, 0.15) is 12.7 Å². The molecule has 0 aliphatic heterocycles. The number of sulfonamides is 1. The van der Waals surface area contributed by atoms with Gasteiger partial charge in [0.05, 0.1) is 11.6 Å². The van der Waals surface area contributed by atoms with Crippen LogP contribution in [0.25, 0.3) is 0 Å². The molecule has 0 amide bonds. The normalized spacial score (nSPS) is 11.6. The number of rotatable bonds is 6. The van der Waals surface area contributed by atoms with Crippen LogP contribution in [0.15, 0.2) is 39.8 Å². The van der Waals surface area contributed by atoms with Gasteiger partial charge in [0, 0.05) is 0 Å². The molecule has 0 atom stereocenters. The molecule has 114 valence electrons. The Hall–Kier alpha value is -1.57. The Morgan fingerprint density at radius 3 is 2.71 bits per heavy atom. The highest BCUT2D eigenvalue weighted by Gasteiger charge is 2.21. The van der Waals surface area contributed by atoms with Gasteiger partial charge in [0.2, 0.25) is 5.09 Å². The number of furan rings is 1. The highest BCUT2D eigenvalue weighted by atomic mass is 35.5. The summed E-state index contributed by atoms with van der Waals surface area (Å²) in [6.45, 7) is 3.06. The van der Waals surface area contributed by atoms with E-state index >= 15 is 0 Å². The smallest absolute Gasteiger partial charge is 0.295 e. The van der Waals surface area contributed by atoms with E-state index in [0.717, 1.165) is 12.6 Å². The monoisotopic (exact) mass is 332 g/mol. The van der Waals surface area contributed by atoms with Gasteiger partial charge in [-0.25, -0.2) is 4.39 Å². The maximum atomic E-state index is 13.6. The van der Waals surface area contributed by atoms with Crippen LogP contribution in [0, 0.1) is 5.82 Å². The Labute approximate surface area is 127 Å². The number of hydrogen-bond donors (Lipinski definition) is 2. The molecule has 0 saturated heterocycles. The van der Waals surface area contributed by atoms with Crippen LogP contribution in [0.4, 0.5) is 10.1 Å². The summed E-state index contributed by atoms with van der Waals surface area (Å²) in [6.07, 6.45) is 0. The summed E-state index contributed by atoms with van der Waals surface area (Å²) in [7, 11) is -4.03. The Balaban J connectivity index is 2.24. The van der Waals surface area contributed by atoms with Gasteiger partial charge in [0.1, 0.15) is 17.3 Å². The molecule has 0 fully saturated rings. The van der Waals surface area contributed by atoms with E-state index in [2.05, 4.69) is 10.0 Å². The fraction of sp³-hybridized carbons (Fsp3) is 0.231. The fourth-order valence-corrected chi connectivity index (χ4v) is 2.93. The van der Waals surface area contributed by atoms with Crippen molar-refractivity contribution in [1.29, 1.82) is 0 Å². The van der Waals surface area contributed by atoms with Gasteiger partial charge in [0.15, 0.2) is 0 Å². The van der Waals surface area contributed by atoms with E-state index in [1.165, 1.54) is 18.2 Å². The average Bonchev–Trinajstić information content (AvgIpc) is 2.90. The van der Waals surface area contributed by atoms with E-state index < -0.39 is 15.8 Å². The summed E-state index contributed by atoms with van der Waals surface area (Å²) in [5.74, 6) is -0.289. The lowest BCUT2D eigenvalue weighted by molar-refractivity contribution is 0.405. The first kappa shape index (κ1) is 15.8. The average molecular weight is 333 g/mol. The van der Waals surface area contributed by atoms with Gasteiger partial charge in [-0.1, -0.05) is 24.6 Å². The molecule has 0 spiro atoms. The van der Waals surface area contributed by atoms with Gasteiger partial charge in [-0.3, -0.25) is 4.72 Å². The minimum absolute atomic E-state index is 0.0296. The molecule has 21 heavy (non-hydrogen) atoms. The molecule has 1 heterocycles. The van der Waals surface area contributed by atoms with Crippen LogP contribution in [0.5, 0.6) is 0 Å². The molecule has 0 radical (unpaired) electrons. The summed E-state index contributed by atoms with van der Waals surface area (Å²) < 4.78 is 45.2. The van der Waals surface area contributed by atoms with Crippen LogP contribution in [-0.4, -0.2) is 15.0 Å². The van der Waals surface area contributed by atoms with E-state index in [4.69, 9.17) is 16.0 Å². The van der Waals surface area contributed by atoms with Crippen molar-refractivity contribution in [3.05, 3.63) is 46.9 Å². The first-order chi connectivity index (χ1) is 9.94. The fourth-order valence-electron chi connectivity index (χ4n) is 1.63. The number of para-hydroxylation sites is 1. The first-order valence-electron chi connectivity index (χ1n) is 6.20. The molecule has 0 aliphatic carbocycles. The second-order valence-corrected chi connectivity index (χ2v) is 6.22. The van der Waals surface area contributed by atoms with Crippen molar-refractivity contribution in [2.24, 2.45) is 0 Å². The highest BCUT2D eigenvalue weighted by molar-refractivity contribution is 7.92. The third-order valence-electron chi connectivity index (χ3n) is 2.65. The number of benzene rings is 1. The van der Waals surface area contributed by atoms with Gasteiger partial charge in [-0.2, -0.15) is 8.42 Å². The zero-order chi connectivity index (χ0) is 15.5. The maximum Gasteiger partial charge on any atom is 0.295 e. The van der Waals surface area contributed by atoms with E-state index in [-0.39, 0.29) is 15.8 Å². The second-order valence-electron chi connectivity index (χ2n) is 4.20. The topological polar surface area (TPSA) is 71.3 Å². The standard InChI is InChI=1S/C13H14ClFN2O3S/c1-2-16-8-9-6-7-12(20-9)21(18,19)17-13-10(14)4-3-5-11(13)15/h3-7,16-17H,2,8H2,1H3. The zero-order valence-electron chi connectivity index (χ0n) is 11.2. The predicted octanol–water partition coefficient (Wildman–Crippen LogP) is 2.98. The van der Waals surface area contributed by atoms with Crippen molar-refractivity contribution >= 4 is 27.3 Å². The van der Waals surface area contributed by atoms with E-state index in [0.29, 0.717) is 12.3 Å². The molecule has 1 aromatic heterocycles. The molecule has 1 aromatic carbocycles. The molecule has 0 unspecified atom stereocenters. The first-order valence-corrected chi connectivity index (χ1v) is 8.06. The van der Waals surface area contributed by atoms with Crippen molar-refractivity contribution in [2.45, 2.75) is 18.6 Å². The van der Waals surface area contributed by atoms with Gasteiger partial charge >= 0.3 is 0 Å². The van der Waals surface area contributed by atoms with Crippen molar-refractivity contribution in [1.82, 2.24) is 5.32 Å². The van der Waals surface area contributed by atoms with E-state index in [9.17, 15) is 12.8 Å². The summed E-state index contributed by atoms with van der Waals surface area (Å²) in [5, 5.41) is 2.68. The largest absolute Gasteiger partial charge is 0.446 e. The lowest BCUT2D eigenvalue weighted by Gasteiger charge is -2.08. The van der Waals surface area contributed by atoms with Crippen LogP contribution >= 0.6 is 11.6 Å². The number of halogens is 2. The molecule has 2 rings (SSSR count). The third-order valence-corrected chi connectivity index (χ3v) is 4.19. The minimum Gasteiger partial charge on any atom is -0.446 e. The summed E-state index contributed by atoms with van der Waals surface area (Å²) >= 11 is 5.79. The number of anilines is 1. The number of nitrogens with one attached hydrogen (secondary N) is 2. The van der Waals surface area contributed by atoms with Crippen molar-refractivity contribution in [2.75, 3.05) is 11.3 Å². The Bertz CT molecular complexity index is 711. The Kier molecular flexibility index (Phi) is 4.87. The number of hydrogen-bond acceptors (Lipinski definition) is 4. The molecule has 0 saturated carbocycles. The lowest BCUT2D eigenvalue weighted by atomic mass is 10.3. The Morgan fingerprint density at radius 1 is 1.29 bits per heavy atom. The van der Waals surface area contributed by atoms with E-state index in [1.54, 1.807) is 6.07 Å². The molecule has 2 N–H and O–H groups in total. The van der Waals surface area contributed by atoms with Gasteiger partial charge in [-0.15, -0.1) is 0 Å². The third kappa shape index (κ3) is 3.75. The van der Waals surface area contributed by atoms with Crippen LogP contribution in [-0.2, 0) is 16.6 Å². The SMILES string of the molecule is CCNCc1ccc(S(=O)(=O)Nc2c(F)cccc2Cl)o1. The Morgan fingerprint density at radius 2 is 2.05 bits per heavy atom. The summed E-state index contributed by atoms with van der Waals surface area (Å²) in [6, 6.07) is 6.74. The predicted molar refractivity (Wildman–Crippen MR) is 78.3 cm³/mol. The quantitative estimate of drug-likeness (QED) is 0.853. The summed E-state index contributed by atoms with van der Waals surface area (Å²) in [4.78, 5) is 0. The van der Waals surface area contributed by atoms with Crippen LogP contribution in [0.3, 0.4) is 0 Å². The van der Waals surface area contributed by atoms with Gasteiger partial charge in [0.25, 0.3) is 10.0 Å². The molecule has 0 aliphatic rings. The second kappa shape index (κ2) is 6.46. The molecule has 2 aromatic rings. The van der Waals surface area contributed by atoms with Crippen molar-refractivity contribution in [3.63, 3.8) is 0 Å². The molecule has 5 nitrogen and oxygen atoms in total. The van der Waals surface area contributed by atoms with Crippen LogP contribution < -0.4 is 10.0 Å². The van der Waals surface area contributed by atoms with Crippen LogP contribution in [0.2, 0.25) is 5.02 Å². The maximum absolute atomic E-state index is 13.6. The van der Waals surface area contributed by atoms with Gasteiger partial charge < -0.3 is 9.73 Å². The van der Waals surface area contributed by atoms with Crippen molar-refractivity contribution in [3.8, 4) is 0 Å². The molecule has 8 heteroatoms. The highest BCUT2D eigenvalue weighted by Crippen LogP contribution is 2.27. The molecule has 0 bridgehead atoms. The minimum atomic E-state index is -4.03. The molecular weight excluding hydrogens is 319 g/mol.